The molecule has 1 aromatic rings. The Balaban J connectivity index is 2.29. The fraction of sp³-hybridized carbons (Fsp3) is 0.333. The van der Waals surface area contributed by atoms with Crippen molar-refractivity contribution in [2.24, 2.45) is 5.73 Å². The normalized spacial score (nSPS) is 17.0. The summed E-state index contributed by atoms with van der Waals surface area (Å²) in [6.07, 6.45) is 0. The zero-order valence-corrected chi connectivity index (χ0v) is 20.6. The van der Waals surface area contributed by atoms with Crippen molar-refractivity contribution in [1.29, 1.82) is 0 Å². The Labute approximate surface area is 199 Å². The fourth-order valence-corrected chi connectivity index (χ4v) is 6.25. The maximum atomic E-state index is 12.3. The van der Waals surface area contributed by atoms with Crippen molar-refractivity contribution < 1.29 is 28.6 Å². The van der Waals surface area contributed by atoms with E-state index in [1.54, 1.807) is 12.1 Å². The Morgan fingerprint density at radius 1 is 1.09 bits per heavy atom. The van der Waals surface area contributed by atoms with E-state index in [0.717, 1.165) is 23.5 Å². The third kappa shape index (κ3) is 4.24. The zero-order chi connectivity index (χ0) is 23.8. The van der Waals surface area contributed by atoms with Gasteiger partial charge >= 0.3 is 11.9 Å². The Bertz CT molecular complexity index is 1080. The van der Waals surface area contributed by atoms with Crippen LogP contribution in [-0.4, -0.2) is 49.1 Å². The van der Waals surface area contributed by atoms with Crippen molar-refractivity contribution >= 4 is 69.7 Å². The van der Waals surface area contributed by atoms with Crippen LogP contribution in [0.3, 0.4) is 0 Å². The van der Waals surface area contributed by atoms with Crippen LogP contribution >= 0.6 is 35.7 Å². The van der Waals surface area contributed by atoms with Gasteiger partial charge in [0, 0.05) is 16.0 Å². The molecule has 1 aromatic carbocycles. The van der Waals surface area contributed by atoms with E-state index in [-0.39, 0.29) is 15.4 Å². The number of benzene rings is 1. The molecule has 0 atom stereocenters. The number of esters is 2. The van der Waals surface area contributed by atoms with Gasteiger partial charge in [-0.2, -0.15) is 0 Å². The molecule has 11 heteroatoms. The quantitative estimate of drug-likeness (QED) is 0.358. The number of carbonyl (C=O) groups is 3. The third-order valence-corrected chi connectivity index (χ3v) is 8.00. The second-order valence-electron chi connectivity index (χ2n) is 7.28. The molecular weight excluding hydrogens is 472 g/mol. The van der Waals surface area contributed by atoms with Crippen LogP contribution in [0.25, 0.3) is 5.57 Å². The lowest BCUT2D eigenvalue weighted by atomic mass is 9.84. The summed E-state index contributed by atoms with van der Waals surface area (Å²) in [4.78, 5) is 37.7. The zero-order valence-electron chi connectivity index (χ0n) is 18.1. The second kappa shape index (κ2) is 9.16. The van der Waals surface area contributed by atoms with Gasteiger partial charge in [0.25, 0.3) is 5.91 Å². The molecule has 2 heterocycles. The highest BCUT2D eigenvalue weighted by atomic mass is 32.2. The highest BCUT2D eigenvalue weighted by Gasteiger charge is 2.41. The van der Waals surface area contributed by atoms with E-state index >= 15 is 0 Å². The minimum Gasteiger partial charge on any atom is -0.494 e. The van der Waals surface area contributed by atoms with E-state index in [1.165, 1.54) is 14.2 Å². The average molecular weight is 495 g/mol. The van der Waals surface area contributed by atoms with Gasteiger partial charge in [-0.15, -0.1) is 0 Å². The molecule has 8 nitrogen and oxygen atoms in total. The molecule has 0 aliphatic carbocycles. The molecule has 0 unspecified atom stereocenters. The summed E-state index contributed by atoms with van der Waals surface area (Å²) in [5.74, 6) is -1.49. The molecule has 0 radical (unpaired) electrons. The summed E-state index contributed by atoms with van der Waals surface area (Å²) in [6.45, 7) is 5.96. The van der Waals surface area contributed by atoms with Crippen LogP contribution in [0.5, 0.6) is 5.75 Å². The predicted octanol–water partition coefficient (Wildman–Crippen LogP) is 3.46. The first-order chi connectivity index (χ1) is 15.0. The van der Waals surface area contributed by atoms with E-state index in [1.807, 2.05) is 20.8 Å². The molecule has 0 aromatic heterocycles. The molecule has 3 rings (SSSR count). The van der Waals surface area contributed by atoms with E-state index in [0.29, 0.717) is 38.3 Å². The number of primary amides is 1. The number of thiocarbonyl (C=S) groups is 1. The smallest absolute Gasteiger partial charge is 0.346 e. The topological polar surface area (TPSA) is 117 Å². The number of hydrogen-bond donors (Lipinski definition) is 2. The number of nitrogens with one attached hydrogen (secondary N) is 1. The number of anilines is 1. The molecule has 0 spiro atoms. The Hall–Kier alpha value is -2.50. The van der Waals surface area contributed by atoms with Crippen molar-refractivity contribution in [3.05, 3.63) is 37.3 Å². The summed E-state index contributed by atoms with van der Waals surface area (Å²) in [6, 6.07) is 3.34. The Kier molecular flexibility index (Phi) is 6.91. The van der Waals surface area contributed by atoms with Gasteiger partial charge in [-0.25, -0.2) is 9.59 Å². The van der Waals surface area contributed by atoms with Crippen LogP contribution in [0.15, 0.2) is 26.2 Å². The van der Waals surface area contributed by atoms with Crippen LogP contribution in [0.2, 0.25) is 0 Å². The van der Waals surface area contributed by atoms with Crippen LogP contribution < -0.4 is 15.8 Å². The van der Waals surface area contributed by atoms with Crippen LogP contribution in [0, 0.1) is 0 Å². The van der Waals surface area contributed by atoms with Crippen molar-refractivity contribution in [2.75, 3.05) is 26.1 Å². The highest BCUT2D eigenvalue weighted by Crippen LogP contribution is 2.55. The second-order valence-corrected chi connectivity index (χ2v) is 9.99. The molecule has 0 bridgehead atoms. The first kappa shape index (κ1) is 24.1. The van der Waals surface area contributed by atoms with Gasteiger partial charge in [-0.3, -0.25) is 4.79 Å². The van der Waals surface area contributed by atoms with Crippen molar-refractivity contribution in [3.8, 4) is 5.75 Å². The largest absolute Gasteiger partial charge is 0.494 e. The molecule has 0 saturated heterocycles. The Morgan fingerprint density at radius 3 is 2.12 bits per heavy atom. The van der Waals surface area contributed by atoms with Gasteiger partial charge in [0.1, 0.15) is 15.6 Å². The number of ether oxygens (including phenoxy) is 3. The van der Waals surface area contributed by atoms with Gasteiger partial charge in [0.2, 0.25) is 0 Å². The molecule has 2 aliphatic rings. The van der Waals surface area contributed by atoms with Gasteiger partial charge in [0.05, 0.1) is 41.9 Å². The number of amides is 1. The molecule has 1 amide bonds. The number of fused-ring (bicyclic) bond motifs is 1. The lowest BCUT2D eigenvalue weighted by molar-refractivity contribution is -0.138. The van der Waals surface area contributed by atoms with Gasteiger partial charge in [-0.1, -0.05) is 35.7 Å². The first-order valence-corrected chi connectivity index (χ1v) is 11.5. The third-order valence-electron chi connectivity index (χ3n) is 4.73. The lowest BCUT2D eigenvalue weighted by Crippen LogP contribution is -2.44. The van der Waals surface area contributed by atoms with Crippen LogP contribution in [-0.2, 0) is 19.1 Å². The minimum absolute atomic E-state index is 0.114. The monoisotopic (exact) mass is 494 g/mol. The first-order valence-electron chi connectivity index (χ1n) is 9.50. The number of nitrogens with two attached hydrogens (primary N) is 1. The van der Waals surface area contributed by atoms with Crippen molar-refractivity contribution in [3.63, 3.8) is 0 Å². The van der Waals surface area contributed by atoms with Crippen molar-refractivity contribution in [1.82, 2.24) is 0 Å². The van der Waals surface area contributed by atoms with Crippen molar-refractivity contribution in [2.45, 2.75) is 26.3 Å². The SMILES string of the molecule is CCOc1cc(C(N)=O)c2c(c1)C(=C1SC(C(=O)OC)=C(C(=O)OC)S1)C(=S)C(C)(C)N2. The predicted molar refractivity (Wildman–Crippen MR) is 130 cm³/mol. The number of thioether (sulfide) groups is 2. The summed E-state index contributed by atoms with van der Waals surface area (Å²) in [7, 11) is 2.48. The molecule has 0 saturated carbocycles. The lowest BCUT2D eigenvalue weighted by Gasteiger charge is -2.38. The number of rotatable bonds is 5. The summed E-state index contributed by atoms with van der Waals surface area (Å²) in [5.41, 5.74) is 6.91. The molecular formula is C21H22N2O6S3. The molecule has 3 N–H and O–H groups in total. The minimum atomic E-state index is -0.720. The molecule has 32 heavy (non-hydrogen) atoms. The van der Waals surface area contributed by atoms with Crippen LogP contribution in [0.4, 0.5) is 5.69 Å². The average Bonchev–Trinajstić information content (AvgIpc) is 3.18. The maximum absolute atomic E-state index is 12.3. The molecule has 0 fully saturated rings. The van der Waals surface area contributed by atoms with E-state index < -0.39 is 23.4 Å². The maximum Gasteiger partial charge on any atom is 0.346 e. The summed E-state index contributed by atoms with van der Waals surface area (Å²) >= 11 is 7.96. The molecule has 2 aliphatic heterocycles. The highest BCUT2D eigenvalue weighted by molar-refractivity contribution is 8.29. The number of methoxy groups -OCH3 is 2. The number of hydrogen-bond acceptors (Lipinski definition) is 10. The van der Waals surface area contributed by atoms with E-state index in [2.05, 4.69) is 5.32 Å². The number of carbonyl (C=O) groups excluding carboxylic acids is 3. The van der Waals surface area contributed by atoms with Gasteiger partial charge in [-0.05, 0) is 32.9 Å². The standard InChI is InChI=1S/C21H22N2O6S3/c1-6-29-9-7-10-12(16(30)21(2,3)23-13(10)11(8-9)17(22)24)20-31-14(18(25)27-4)15(32-20)19(26)28-5/h7-8,23H,6H2,1-5H3,(H2,22,24). The van der Waals surface area contributed by atoms with E-state index in [4.69, 9.17) is 32.2 Å². The summed E-state index contributed by atoms with van der Waals surface area (Å²) in [5, 5.41) is 3.30. The molecule has 170 valence electrons. The van der Waals surface area contributed by atoms with E-state index in [9.17, 15) is 14.4 Å². The fourth-order valence-electron chi connectivity index (χ4n) is 3.25. The van der Waals surface area contributed by atoms with Crippen LogP contribution in [0.1, 0.15) is 36.7 Å². The van der Waals surface area contributed by atoms with Gasteiger partial charge in [0.15, 0.2) is 0 Å². The van der Waals surface area contributed by atoms with Gasteiger partial charge < -0.3 is 25.3 Å². The summed E-state index contributed by atoms with van der Waals surface area (Å²) < 4.78 is 15.9. The Morgan fingerprint density at radius 2 is 1.66 bits per heavy atom.